The van der Waals surface area contributed by atoms with Gasteiger partial charge in [-0.05, 0) is 274 Å². The van der Waals surface area contributed by atoms with Gasteiger partial charge in [0.25, 0.3) is 0 Å². The van der Waals surface area contributed by atoms with Crippen molar-refractivity contribution in [2.75, 3.05) is 0 Å². The van der Waals surface area contributed by atoms with Gasteiger partial charge in [0.1, 0.15) is 0 Å². The van der Waals surface area contributed by atoms with Crippen molar-refractivity contribution in [1.82, 2.24) is 38.2 Å². The Morgan fingerprint density at radius 1 is 0.116 bits per heavy atom. The SMILES string of the molecule is c1ccc(-c2cc(-c3ccccc3)cc(-c3nc4ccccc4nc3-c3ccc4cc(-n5c6ccc(-n7c8ccccc8c8cc9ccccc9cc87)cc6c6cc7ccccc7cc65)ccc4c3)c2)cc1.c1ccc(-c2ccc(-c3nc4ccccc4nc3-c3ccc4ccc(-n5c6ccc(-n7c8ccccc8c8cc9ccccc9cc87)cc6c6cc7ccccc7cc65)cc4c3)cc2)cc1. The number of hydrogen-bond donors (Lipinski definition) is 0. The second-order valence-electron chi connectivity index (χ2n) is 36.4. The normalized spacial score (nSPS) is 11.9. The van der Waals surface area contributed by atoms with Crippen LogP contribution in [0.25, 0.3) is 275 Å². The van der Waals surface area contributed by atoms with E-state index in [4.69, 9.17) is 19.9 Å². The highest BCUT2D eigenvalue weighted by atomic mass is 15.0. The number of para-hydroxylation sites is 6. The van der Waals surface area contributed by atoms with Gasteiger partial charge in [-0.25, -0.2) is 19.9 Å². The molecule has 0 unspecified atom stereocenters. The molecule has 23 aromatic carbocycles. The lowest BCUT2D eigenvalue weighted by Gasteiger charge is -2.15. The maximum absolute atomic E-state index is 5.40. The molecule has 0 N–H and O–H groups in total. The Kier molecular flexibility index (Phi) is 17.9. The third-order valence-corrected chi connectivity index (χ3v) is 28.4. The van der Waals surface area contributed by atoms with Gasteiger partial charge in [-0.15, -0.1) is 0 Å². The fraction of sp³-hybridized carbons (Fsp3) is 0. The van der Waals surface area contributed by atoms with Crippen LogP contribution in [0.15, 0.2) is 485 Å². The molecule has 29 rings (SSSR count). The molecule has 8 heteroatoms. The highest BCUT2D eigenvalue weighted by Crippen LogP contribution is 2.47. The minimum atomic E-state index is 0.852. The molecular weight excluding hydrogens is 1670 g/mol. The van der Waals surface area contributed by atoms with Gasteiger partial charge in [-0.1, -0.05) is 309 Å². The summed E-state index contributed by atoms with van der Waals surface area (Å²) in [5, 5.41) is 24.3. The van der Waals surface area contributed by atoms with Crippen LogP contribution in [-0.4, -0.2) is 38.2 Å². The molecule has 8 nitrogen and oxygen atoms in total. The summed E-state index contributed by atoms with van der Waals surface area (Å²) in [6.45, 7) is 0. The molecule has 138 heavy (non-hydrogen) atoms. The highest BCUT2D eigenvalue weighted by molar-refractivity contribution is 6.20. The summed E-state index contributed by atoms with van der Waals surface area (Å²) < 4.78 is 9.79. The van der Waals surface area contributed by atoms with Gasteiger partial charge in [0.15, 0.2) is 0 Å². The molecule has 640 valence electrons. The van der Waals surface area contributed by atoms with Crippen molar-refractivity contribution in [2.24, 2.45) is 0 Å². The summed E-state index contributed by atoms with van der Waals surface area (Å²) in [6.07, 6.45) is 0. The first-order valence-electron chi connectivity index (χ1n) is 47.2. The van der Waals surface area contributed by atoms with Crippen molar-refractivity contribution < 1.29 is 0 Å². The molecule has 0 spiro atoms. The summed E-state index contributed by atoms with van der Waals surface area (Å²) in [5.74, 6) is 0. The summed E-state index contributed by atoms with van der Waals surface area (Å²) >= 11 is 0. The number of nitrogens with zero attached hydrogens (tertiary/aromatic N) is 8. The smallest absolute Gasteiger partial charge is 0.0973 e. The first-order chi connectivity index (χ1) is 68.3. The topological polar surface area (TPSA) is 71.3 Å². The van der Waals surface area contributed by atoms with E-state index in [0.29, 0.717) is 0 Å². The average Bonchev–Trinajstić information content (AvgIpc) is 1.56. The van der Waals surface area contributed by atoms with E-state index in [1.54, 1.807) is 0 Å². The molecule has 0 aliphatic rings. The summed E-state index contributed by atoms with van der Waals surface area (Å²) in [7, 11) is 0. The lowest BCUT2D eigenvalue weighted by atomic mass is 9.93. The number of aromatic nitrogens is 8. The lowest BCUT2D eigenvalue weighted by Crippen LogP contribution is -1.97. The van der Waals surface area contributed by atoms with Crippen LogP contribution < -0.4 is 0 Å². The number of benzene rings is 23. The third-order valence-electron chi connectivity index (χ3n) is 28.4. The van der Waals surface area contributed by atoms with Crippen molar-refractivity contribution in [2.45, 2.75) is 0 Å². The average molecular weight is 1750 g/mol. The van der Waals surface area contributed by atoms with E-state index in [0.717, 1.165) is 145 Å². The quantitative estimate of drug-likeness (QED) is 0.129. The summed E-state index contributed by atoms with van der Waals surface area (Å²) in [4.78, 5) is 21.3. The van der Waals surface area contributed by atoms with Crippen LogP contribution in [0.3, 0.4) is 0 Å². The molecule has 0 atom stereocenters. The second-order valence-corrected chi connectivity index (χ2v) is 36.4. The van der Waals surface area contributed by atoms with Crippen LogP contribution in [0.5, 0.6) is 0 Å². The zero-order valence-electron chi connectivity index (χ0n) is 74.8. The van der Waals surface area contributed by atoms with Gasteiger partial charge in [0, 0.05) is 88.1 Å². The predicted molar refractivity (Wildman–Crippen MR) is 580 cm³/mol. The summed E-state index contributed by atoms with van der Waals surface area (Å²) in [5.41, 5.74) is 31.9. The Morgan fingerprint density at radius 2 is 0.362 bits per heavy atom. The van der Waals surface area contributed by atoms with Crippen LogP contribution in [0.1, 0.15) is 0 Å². The Labute approximate surface area is 793 Å². The molecule has 0 amide bonds. The molecule has 0 saturated heterocycles. The fourth-order valence-corrected chi connectivity index (χ4v) is 21.7. The minimum absolute atomic E-state index is 0.852. The van der Waals surface area contributed by atoms with Gasteiger partial charge in [-0.3, -0.25) is 0 Å². The van der Waals surface area contributed by atoms with Gasteiger partial charge >= 0.3 is 0 Å². The summed E-state index contributed by atoms with van der Waals surface area (Å²) in [6, 6.07) is 176. The van der Waals surface area contributed by atoms with Crippen LogP contribution in [-0.2, 0) is 0 Å². The van der Waals surface area contributed by atoms with Gasteiger partial charge in [-0.2, -0.15) is 0 Å². The maximum atomic E-state index is 5.40. The Hall–Kier alpha value is -18.5. The molecule has 6 aromatic heterocycles. The highest BCUT2D eigenvalue weighted by Gasteiger charge is 2.25. The van der Waals surface area contributed by atoms with Crippen molar-refractivity contribution in [3.63, 3.8) is 0 Å². The molecule has 0 radical (unpaired) electrons. The fourth-order valence-electron chi connectivity index (χ4n) is 21.7. The lowest BCUT2D eigenvalue weighted by molar-refractivity contribution is 1.17. The molecule has 0 saturated carbocycles. The predicted octanol–water partition coefficient (Wildman–Crippen LogP) is 34.2. The van der Waals surface area contributed by atoms with Crippen molar-refractivity contribution in [3.8, 4) is 101 Å². The van der Waals surface area contributed by atoms with E-state index in [-0.39, 0.29) is 0 Å². The van der Waals surface area contributed by atoms with E-state index in [1.165, 1.54) is 130 Å². The monoisotopic (exact) mass is 1750 g/mol. The van der Waals surface area contributed by atoms with Crippen LogP contribution in [0.4, 0.5) is 0 Å². The first-order valence-corrected chi connectivity index (χ1v) is 47.2. The van der Waals surface area contributed by atoms with E-state index in [2.05, 4.69) is 467 Å². The molecule has 0 aliphatic heterocycles. The zero-order chi connectivity index (χ0) is 90.6. The van der Waals surface area contributed by atoms with Crippen molar-refractivity contribution in [1.29, 1.82) is 0 Å². The maximum Gasteiger partial charge on any atom is 0.0973 e. The Bertz CT molecular complexity index is 10000. The zero-order valence-corrected chi connectivity index (χ0v) is 74.8. The number of rotatable bonds is 11. The van der Waals surface area contributed by atoms with Crippen molar-refractivity contribution >= 4 is 174 Å². The van der Waals surface area contributed by atoms with Gasteiger partial charge < -0.3 is 18.3 Å². The first kappa shape index (κ1) is 78.2. The molecule has 29 aromatic rings. The van der Waals surface area contributed by atoms with Gasteiger partial charge in [0.2, 0.25) is 0 Å². The minimum Gasteiger partial charge on any atom is -0.309 e. The van der Waals surface area contributed by atoms with E-state index in [9.17, 15) is 0 Å². The Morgan fingerprint density at radius 3 is 0.783 bits per heavy atom. The largest absolute Gasteiger partial charge is 0.309 e. The molecule has 0 aliphatic carbocycles. The number of hydrogen-bond acceptors (Lipinski definition) is 4. The van der Waals surface area contributed by atoms with Crippen LogP contribution >= 0.6 is 0 Å². The van der Waals surface area contributed by atoms with Crippen LogP contribution in [0.2, 0.25) is 0 Å². The number of fused-ring (bicyclic) bond motifs is 20. The van der Waals surface area contributed by atoms with E-state index < -0.39 is 0 Å². The van der Waals surface area contributed by atoms with Crippen molar-refractivity contribution in [3.05, 3.63) is 485 Å². The van der Waals surface area contributed by atoms with E-state index >= 15 is 0 Å². The second kappa shape index (κ2) is 31.6. The Balaban J connectivity index is 0.000000137. The molecule has 0 bridgehead atoms. The molecular formula is C130H80N8. The van der Waals surface area contributed by atoms with Crippen LogP contribution in [0, 0.1) is 0 Å². The van der Waals surface area contributed by atoms with E-state index in [1.807, 2.05) is 36.4 Å². The van der Waals surface area contributed by atoms with Gasteiger partial charge in [0.05, 0.1) is 89.0 Å². The molecule has 0 fully saturated rings. The molecule has 6 heterocycles. The standard InChI is InChI=1S/C68H42N4.C62H38N4/c1-3-15-43(16-4-1)52-34-53(44-17-5-2-6-18-44)36-54(35-52)68-67(69-61-24-12-13-25-62(61)70-68)51-28-27-50-37-55(30-29-49(50)33-51)71-64-32-31-56(42-60(64)59-39-46-20-8-10-22-48(46)41-66(59)71)72-63-26-14-11-23-57(63)58-38-45-19-7-9-21-47(45)40-65(58)72;1-2-12-39(13-3-1)40-22-25-42(26-23-40)61-62(64-56-20-10-9-19-55(56)63-61)47-27-24-41-28-29-49(33-48(41)32-47)65-58-31-30-50(38-54(58)53-35-44-15-5-7-17-46(44)37-60(53)65)66-57-21-11-8-18-51(57)52-34-43-14-4-6-16-45(43)36-59(52)66/h1-42H;1-38H. The third kappa shape index (κ3) is 13.1.